The van der Waals surface area contributed by atoms with Crippen LogP contribution in [0.4, 0.5) is 5.69 Å². The predicted octanol–water partition coefficient (Wildman–Crippen LogP) is 5.34. The molecule has 1 aliphatic rings. The smallest absolute Gasteiger partial charge is 0.307 e. The first-order valence-electron chi connectivity index (χ1n) is 13.1. The van der Waals surface area contributed by atoms with E-state index in [0.717, 1.165) is 11.1 Å². The van der Waals surface area contributed by atoms with Gasteiger partial charge in [-0.15, -0.1) is 0 Å². The van der Waals surface area contributed by atoms with Crippen molar-refractivity contribution < 1.29 is 35.3 Å². The average Bonchev–Trinajstić information content (AvgIpc) is 2.88. The maximum Gasteiger partial charge on any atom is 0.307 e. The van der Waals surface area contributed by atoms with E-state index in [4.69, 9.17) is 0 Å². The van der Waals surface area contributed by atoms with E-state index < -0.39 is 10.9 Å². The van der Waals surface area contributed by atoms with Gasteiger partial charge in [0.15, 0.2) is 0 Å². The molecule has 4 aromatic rings. The highest BCUT2D eigenvalue weighted by Gasteiger charge is 2.23. The molecule has 4 aromatic carbocycles. The van der Waals surface area contributed by atoms with E-state index in [1.807, 2.05) is 13.8 Å². The van der Waals surface area contributed by atoms with Crippen molar-refractivity contribution in [2.75, 3.05) is 0 Å². The van der Waals surface area contributed by atoms with Crippen LogP contribution in [0.15, 0.2) is 48.5 Å². The lowest BCUT2D eigenvalue weighted by atomic mass is 9.89. The molecule has 5 rings (SSSR count). The molecule has 0 saturated carbocycles. The number of hydrogen-bond acceptors (Lipinski definition) is 7. The van der Waals surface area contributed by atoms with Crippen molar-refractivity contribution in [3.63, 3.8) is 0 Å². The van der Waals surface area contributed by atoms with Crippen molar-refractivity contribution in [1.29, 1.82) is 0 Å². The summed E-state index contributed by atoms with van der Waals surface area (Å²) >= 11 is 0. The SMILES string of the molecule is Cc1cc2c(O)c(c1)Cc1cc([N+](=O)[O-])cc(c1O)Cc1cc(C)cc(c1O)Cc1cc(CC(=O)O)cc(c1O)C2. The van der Waals surface area contributed by atoms with E-state index in [9.17, 15) is 40.4 Å². The molecule has 0 aromatic heterocycles. The van der Waals surface area contributed by atoms with Crippen LogP contribution in [0.3, 0.4) is 0 Å². The third-order valence-electron chi connectivity index (χ3n) is 7.49. The van der Waals surface area contributed by atoms with E-state index >= 15 is 0 Å². The number of carboxylic acids is 1. The zero-order valence-corrected chi connectivity index (χ0v) is 22.6. The third kappa shape index (κ3) is 5.51. The largest absolute Gasteiger partial charge is 0.507 e. The maximum atomic E-state index is 11.8. The van der Waals surface area contributed by atoms with Crippen LogP contribution in [0.2, 0.25) is 0 Å². The summed E-state index contributed by atoms with van der Waals surface area (Å²) in [5, 5.41) is 66.3. The second-order valence-electron chi connectivity index (χ2n) is 10.8. The summed E-state index contributed by atoms with van der Waals surface area (Å²) in [5.74, 6) is -1.42. The van der Waals surface area contributed by atoms with E-state index in [1.54, 1.807) is 36.4 Å². The van der Waals surface area contributed by atoms with Gasteiger partial charge in [0, 0.05) is 48.9 Å². The monoisotopic (exact) mass is 555 g/mol. The Morgan fingerprint density at radius 3 is 1.22 bits per heavy atom. The molecule has 5 N–H and O–H groups in total. The summed E-state index contributed by atoms with van der Waals surface area (Å²) in [6, 6.07) is 12.7. The number of carboxylic acid groups (broad SMARTS) is 1. The van der Waals surface area contributed by atoms with Gasteiger partial charge in [-0.3, -0.25) is 14.9 Å². The molecule has 0 atom stereocenters. The Hall–Kier alpha value is -5.05. The van der Waals surface area contributed by atoms with Crippen molar-refractivity contribution in [2.24, 2.45) is 0 Å². The minimum atomic E-state index is -1.04. The van der Waals surface area contributed by atoms with Gasteiger partial charge in [0.1, 0.15) is 23.0 Å². The van der Waals surface area contributed by atoms with Gasteiger partial charge in [0.25, 0.3) is 5.69 Å². The van der Waals surface area contributed by atoms with Gasteiger partial charge in [-0.05, 0) is 52.8 Å². The number of phenols is 4. The Morgan fingerprint density at radius 2 is 0.927 bits per heavy atom. The fraction of sp³-hybridized carbons (Fsp3) is 0.219. The molecule has 0 spiro atoms. The normalized spacial score (nSPS) is 12.6. The number of non-ortho nitro benzene ring substituents is 1. The number of aromatic hydroxyl groups is 4. The predicted molar refractivity (Wildman–Crippen MR) is 151 cm³/mol. The average molecular weight is 556 g/mol. The number of nitrogens with zero attached hydrogens (tertiary/aromatic N) is 1. The Labute approximate surface area is 235 Å². The second-order valence-corrected chi connectivity index (χ2v) is 10.8. The number of nitro benzene ring substituents is 1. The van der Waals surface area contributed by atoms with Crippen LogP contribution in [0, 0.1) is 24.0 Å². The van der Waals surface area contributed by atoms with Crippen LogP contribution in [-0.2, 0) is 36.9 Å². The molecule has 0 fully saturated rings. The Bertz CT molecular complexity index is 1640. The van der Waals surface area contributed by atoms with Gasteiger partial charge >= 0.3 is 5.97 Å². The Morgan fingerprint density at radius 1 is 0.634 bits per heavy atom. The fourth-order valence-electron chi connectivity index (χ4n) is 5.72. The lowest BCUT2D eigenvalue weighted by Gasteiger charge is -2.19. The lowest BCUT2D eigenvalue weighted by Crippen LogP contribution is -2.05. The van der Waals surface area contributed by atoms with Crippen LogP contribution < -0.4 is 0 Å². The van der Waals surface area contributed by atoms with E-state index in [2.05, 4.69) is 0 Å². The lowest BCUT2D eigenvalue weighted by molar-refractivity contribution is -0.385. The highest BCUT2D eigenvalue weighted by molar-refractivity contribution is 5.71. The summed E-state index contributed by atoms with van der Waals surface area (Å²) in [6.45, 7) is 3.65. The van der Waals surface area contributed by atoms with Gasteiger partial charge in [0.2, 0.25) is 0 Å². The second kappa shape index (κ2) is 10.5. The van der Waals surface area contributed by atoms with Crippen LogP contribution in [0.1, 0.15) is 61.2 Å². The quantitative estimate of drug-likeness (QED) is 0.147. The number of fused-ring (bicyclic) bond motifs is 8. The van der Waals surface area contributed by atoms with E-state index in [0.29, 0.717) is 38.9 Å². The first-order valence-corrected chi connectivity index (χ1v) is 13.1. The Balaban J connectivity index is 1.80. The molecule has 0 unspecified atom stereocenters. The molecular formula is C32H29NO8. The summed E-state index contributed by atoms with van der Waals surface area (Å²) in [7, 11) is 0. The standard InChI is InChI=1S/C32H29NO8/c1-16-3-19-10-23-7-18(9-28(34)35)8-24(31(23)38)11-20-4-17(2)6-22(30(20)37)13-26-15-27(33(40)41)14-25(32(26)39)12-21(5-16)29(19)36/h3-8,14-15,36-39H,9-13H2,1-2H3,(H,34,35). The summed E-state index contributed by atoms with van der Waals surface area (Å²) in [5.41, 5.74) is 4.91. The minimum Gasteiger partial charge on any atom is -0.507 e. The van der Waals surface area contributed by atoms with Gasteiger partial charge in [0.05, 0.1) is 11.3 Å². The molecule has 0 heterocycles. The number of hydrogen-bond donors (Lipinski definition) is 5. The van der Waals surface area contributed by atoms with E-state index in [1.165, 1.54) is 12.1 Å². The number of aliphatic carboxylic acids is 1. The van der Waals surface area contributed by atoms with Crippen LogP contribution in [0.5, 0.6) is 23.0 Å². The summed E-state index contributed by atoms with van der Waals surface area (Å²) in [4.78, 5) is 22.8. The van der Waals surface area contributed by atoms with Crippen molar-refractivity contribution in [3.05, 3.63) is 120 Å². The fourth-order valence-corrected chi connectivity index (χ4v) is 5.72. The molecule has 210 valence electrons. The molecule has 41 heavy (non-hydrogen) atoms. The zero-order valence-electron chi connectivity index (χ0n) is 22.6. The Kier molecular flexibility index (Phi) is 7.04. The molecule has 0 aliphatic heterocycles. The molecule has 9 heteroatoms. The molecule has 0 radical (unpaired) electrons. The molecule has 1 aliphatic carbocycles. The zero-order chi connectivity index (χ0) is 29.6. The van der Waals surface area contributed by atoms with Crippen LogP contribution >= 0.6 is 0 Å². The van der Waals surface area contributed by atoms with Crippen molar-refractivity contribution in [2.45, 2.75) is 46.0 Å². The van der Waals surface area contributed by atoms with Crippen LogP contribution in [-0.4, -0.2) is 36.4 Å². The highest BCUT2D eigenvalue weighted by atomic mass is 16.6. The van der Waals surface area contributed by atoms with Gasteiger partial charge in [-0.25, -0.2) is 0 Å². The molecule has 9 nitrogen and oxygen atoms in total. The van der Waals surface area contributed by atoms with Crippen molar-refractivity contribution in [1.82, 2.24) is 0 Å². The third-order valence-corrected chi connectivity index (χ3v) is 7.49. The first kappa shape index (κ1) is 27.5. The number of benzene rings is 4. The number of rotatable bonds is 3. The van der Waals surface area contributed by atoms with E-state index in [-0.39, 0.29) is 71.9 Å². The maximum absolute atomic E-state index is 11.8. The topological polar surface area (TPSA) is 161 Å². The first-order chi connectivity index (χ1) is 19.4. The summed E-state index contributed by atoms with van der Waals surface area (Å²) in [6.07, 6.45) is -0.151. The minimum absolute atomic E-state index is 0.0115. The van der Waals surface area contributed by atoms with Crippen molar-refractivity contribution >= 4 is 11.7 Å². The highest BCUT2D eigenvalue weighted by Crippen LogP contribution is 2.39. The molecule has 0 saturated heterocycles. The number of phenolic OH excluding ortho intramolecular Hbond substituents is 4. The number of nitro groups is 1. The van der Waals surface area contributed by atoms with Gasteiger partial charge in [-0.1, -0.05) is 47.5 Å². The number of aryl methyl sites for hydroxylation is 2. The number of carbonyl (C=O) groups is 1. The molecule has 0 amide bonds. The summed E-state index contributed by atoms with van der Waals surface area (Å²) < 4.78 is 0. The van der Waals surface area contributed by atoms with Crippen LogP contribution in [0.25, 0.3) is 0 Å². The van der Waals surface area contributed by atoms with Gasteiger partial charge in [-0.2, -0.15) is 0 Å². The van der Waals surface area contributed by atoms with Gasteiger partial charge < -0.3 is 25.5 Å². The molecule has 8 bridgehead atoms. The molecular weight excluding hydrogens is 526 g/mol. The van der Waals surface area contributed by atoms with Crippen molar-refractivity contribution in [3.8, 4) is 23.0 Å².